The summed E-state index contributed by atoms with van der Waals surface area (Å²) in [5, 5.41) is 0. The highest BCUT2D eigenvalue weighted by atomic mass is 16.6. The van der Waals surface area contributed by atoms with Crippen LogP contribution in [0.2, 0.25) is 0 Å². The third-order valence-corrected chi connectivity index (χ3v) is 5.42. The van der Waals surface area contributed by atoms with Crippen LogP contribution in [0.25, 0.3) is 28.2 Å². The Bertz CT molecular complexity index is 1490. The van der Waals surface area contributed by atoms with Crippen LogP contribution in [0.1, 0.15) is 23.0 Å². The van der Waals surface area contributed by atoms with Crippen LogP contribution in [0.5, 0.6) is 5.75 Å². The first kappa shape index (κ1) is 23.0. The van der Waals surface area contributed by atoms with E-state index in [2.05, 4.69) is 15.4 Å². The van der Waals surface area contributed by atoms with Crippen LogP contribution in [-0.4, -0.2) is 32.0 Å². The number of carbonyl (C=O) groups excluding carboxylic acids is 1. The number of imidazole rings is 1. The minimum Gasteiger partial charge on any atom is -0.494 e. The van der Waals surface area contributed by atoms with E-state index >= 15 is 0 Å². The van der Waals surface area contributed by atoms with Crippen molar-refractivity contribution in [2.24, 2.45) is 5.73 Å². The lowest BCUT2D eigenvalue weighted by Gasteiger charge is -2.11. The summed E-state index contributed by atoms with van der Waals surface area (Å²) >= 11 is 0. The average molecular weight is 481 g/mol. The van der Waals surface area contributed by atoms with Gasteiger partial charge in [0, 0.05) is 5.56 Å². The Morgan fingerprint density at radius 1 is 0.917 bits per heavy atom. The predicted molar refractivity (Wildman–Crippen MR) is 137 cm³/mol. The molecular formula is C27H24N6O3. The molecule has 0 aliphatic rings. The fourth-order valence-corrected chi connectivity index (χ4v) is 3.77. The number of carbonyl (C=O) groups is 1. The summed E-state index contributed by atoms with van der Waals surface area (Å²) in [6.07, 6.45) is 0. The molecule has 0 saturated carbocycles. The van der Waals surface area contributed by atoms with Gasteiger partial charge >= 0.3 is 0 Å². The van der Waals surface area contributed by atoms with E-state index in [9.17, 15) is 4.79 Å². The van der Waals surface area contributed by atoms with Gasteiger partial charge in [0.2, 0.25) is 5.95 Å². The molecule has 0 spiro atoms. The van der Waals surface area contributed by atoms with Gasteiger partial charge in [-0.05, 0) is 48.9 Å². The summed E-state index contributed by atoms with van der Waals surface area (Å²) in [5.74, 6) is 0.707. The Morgan fingerprint density at radius 3 is 2.28 bits per heavy atom. The van der Waals surface area contributed by atoms with Gasteiger partial charge in [0.05, 0.1) is 18.9 Å². The minimum absolute atomic E-state index is 0.0182. The summed E-state index contributed by atoms with van der Waals surface area (Å²) in [4.78, 5) is 32.0. The van der Waals surface area contributed by atoms with Crippen molar-refractivity contribution >= 4 is 23.0 Å². The number of para-hydroxylation sites is 1. The molecule has 3 N–H and O–H groups in total. The molecule has 0 fully saturated rings. The van der Waals surface area contributed by atoms with Gasteiger partial charge < -0.3 is 10.5 Å². The summed E-state index contributed by atoms with van der Waals surface area (Å²) in [6.45, 7) is 2.79. The first-order valence-electron chi connectivity index (χ1n) is 11.4. The van der Waals surface area contributed by atoms with E-state index in [1.165, 1.54) is 0 Å². The van der Waals surface area contributed by atoms with Crippen molar-refractivity contribution in [2.45, 2.75) is 13.5 Å². The molecule has 0 saturated heterocycles. The molecule has 9 nitrogen and oxygen atoms in total. The molecule has 2 heterocycles. The van der Waals surface area contributed by atoms with E-state index < -0.39 is 5.91 Å². The summed E-state index contributed by atoms with van der Waals surface area (Å²) in [6, 6.07) is 26.6. The van der Waals surface area contributed by atoms with Crippen LogP contribution in [0.15, 0.2) is 84.9 Å². The molecule has 0 unspecified atom stereocenters. The number of nitrogens with zero attached hydrogens (tertiary/aromatic N) is 4. The van der Waals surface area contributed by atoms with Crippen molar-refractivity contribution in [3.8, 4) is 22.8 Å². The Kier molecular flexibility index (Phi) is 6.55. The number of benzene rings is 3. The maximum absolute atomic E-state index is 12.4. The van der Waals surface area contributed by atoms with Crippen molar-refractivity contribution in [3.05, 3.63) is 96.2 Å². The Hall–Kier alpha value is -4.76. The molecule has 9 heteroatoms. The Balaban J connectivity index is 1.61. The van der Waals surface area contributed by atoms with Crippen LogP contribution in [-0.2, 0) is 11.4 Å². The molecule has 2 aromatic heterocycles. The minimum atomic E-state index is -0.705. The van der Waals surface area contributed by atoms with Crippen molar-refractivity contribution in [1.29, 1.82) is 0 Å². The van der Waals surface area contributed by atoms with Crippen LogP contribution in [0.4, 0.5) is 5.95 Å². The van der Waals surface area contributed by atoms with E-state index in [1.807, 2.05) is 91.9 Å². The molecule has 1 amide bonds. The number of fused-ring (bicyclic) bond motifs is 1. The van der Waals surface area contributed by atoms with Crippen LogP contribution in [0, 0.1) is 0 Å². The monoisotopic (exact) mass is 480 g/mol. The van der Waals surface area contributed by atoms with E-state index in [0.29, 0.717) is 36.2 Å². The topological polar surface area (TPSA) is 117 Å². The first-order valence-corrected chi connectivity index (χ1v) is 11.4. The van der Waals surface area contributed by atoms with Gasteiger partial charge in [-0.3, -0.25) is 14.2 Å². The number of rotatable bonds is 9. The SMILES string of the molecule is CCOc1ccc(-c2nc(C(N)=O)c3nc(NOCc4ccccc4)n(-c4ccccc4)c3n2)cc1. The van der Waals surface area contributed by atoms with Crippen molar-refractivity contribution in [1.82, 2.24) is 19.5 Å². The molecule has 180 valence electrons. The highest BCUT2D eigenvalue weighted by molar-refractivity contribution is 6.02. The van der Waals surface area contributed by atoms with Gasteiger partial charge in [-0.2, -0.15) is 0 Å². The number of nitrogens with one attached hydrogen (secondary N) is 1. The summed E-state index contributed by atoms with van der Waals surface area (Å²) in [7, 11) is 0. The first-order chi connectivity index (χ1) is 17.6. The van der Waals surface area contributed by atoms with E-state index in [4.69, 9.17) is 20.3 Å². The quantitative estimate of drug-likeness (QED) is 0.298. The largest absolute Gasteiger partial charge is 0.494 e. The number of hydrogen-bond acceptors (Lipinski definition) is 7. The third-order valence-electron chi connectivity index (χ3n) is 5.42. The van der Waals surface area contributed by atoms with Crippen molar-refractivity contribution < 1.29 is 14.4 Å². The van der Waals surface area contributed by atoms with Gasteiger partial charge in [0.15, 0.2) is 17.2 Å². The zero-order valence-corrected chi connectivity index (χ0v) is 19.6. The third kappa shape index (κ3) is 4.73. The predicted octanol–water partition coefficient (Wildman–Crippen LogP) is 4.52. The second-order valence-corrected chi connectivity index (χ2v) is 7.87. The van der Waals surface area contributed by atoms with Gasteiger partial charge in [-0.25, -0.2) is 20.4 Å². The highest BCUT2D eigenvalue weighted by Gasteiger charge is 2.22. The number of aromatic nitrogens is 4. The van der Waals surface area contributed by atoms with Crippen LogP contribution >= 0.6 is 0 Å². The number of ether oxygens (including phenoxy) is 1. The molecule has 3 aromatic carbocycles. The van der Waals surface area contributed by atoms with Gasteiger partial charge in [0.1, 0.15) is 11.3 Å². The Morgan fingerprint density at radius 2 is 1.61 bits per heavy atom. The van der Waals surface area contributed by atoms with E-state index in [0.717, 1.165) is 17.0 Å². The molecule has 5 aromatic rings. The zero-order valence-electron chi connectivity index (χ0n) is 19.6. The Labute approximate surface area is 207 Å². The van der Waals surface area contributed by atoms with Gasteiger partial charge in [0.25, 0.3) is 5.91 Å². The second kappa shape index (κ2) is 10.2. The zero-order chi connectivity index (χ0) is 24.9. The maximum atomic E-state index is 12.4. The molecule has 36 heavy (non-hydrogen) atoms. The fourth-order valence-electron chi connectivity index (χ4n) is 3.77. The van der Waals surface area contributed by atoms with Gasteiger partial charge in [-0.1, -0.05) is 48.5 Å². The lowest BCUT2D eigenvalue weighted by atomic mass is 10.2. The highest BCUT2D eigenvalue weighted by Crippen LogP contribution is 2.28. The lowest BCUT2D eigenvalue weighted by molar-refractivity contribution is 0.0997. The smallest absolute Gasteiger partial charge is 0.269 e. The van der Waals surface area contributed by atoms with Crippen LogP contribution < -0.4 is 16.0 Å². The maximum Gasteiger partial charge on any atom is 0.269 e. The summed E-state index contributed by atoms with van der Waals surface area (Å²) < 4.78 is 7.30. The van der Waals surface area contributed by atoms with E-state index in [-0.39, 0.29) is 11.2 Å². The lowest BCUT2D eigenvalue weighted by Crippen LogP contribution is -2.15. The number of primary amides is 1. The molecule has 5 rings (SSSR count). The normalized spacial score (nSPS) is 10.9. The van der Waals surface area contributed by atoms with Crippen molar-refractivity contribution in [3.63, 3.8) is 0 Å². The molecular weight excluding hydrogens is 456 g/mol. The molecule has 0 atom stereocenters. The molecule has 0 radical (unpaired) electrons. The van der Waals surface area contributed by atoms with Crippen LogP contribution in [0.3, 0.4) is 0 Å². The summed E-state index contributed by atoms with van der Waals surface area (Å²) in [5.41, 5.74) is 11.8. The average Bonchev–Trinajstić information content (AvgIpc) is 3.28. The number of hydrogen-bond donors (Lipinski definition) is 2. The number of anilines is 1. The van der Waals surface area contributed by atoms with E-state index in [1.54, 1.807) is 4.57 Å². The van der Waals surface area contributed by atoms with Gasteiger partial charge in [-0.15, -0.1) is 0 Å². The molecule has 0 aliphatic heterocycles. The second-order valence-electron chi connectivity index (χ2n) is 7.87. The standard InChI is InChI=1S/C27H24N6O3/c1-2-35-21-15-13-19(14-16-21)25-29-22(24(28)34)23-26(31-25)33(20-11-7-4-8-12-20)27(30-23)32-36-17-18-9-5-3-6-10-18/h3-16H,2,17H2,1H3,(H2,28,34)(H,30,32). The molecule has 0 aliphatic carbocycles. The van der Waals surface area contributed by atoms with Crippen molar-refractivity contribution in [2.75, 3.05) is 12.1 Å². The number of amides is 1. The molecule has 0 bridgehead atoms. The number of nitrogens with two attached hydrogens (primary N) is 1. The fraction of sp³-hybridized carbons (Fsp3) is 0.111.